The van der Waals surface area contributed by atoms with E-state index in [1.54, 1.807) is 0 Å². The molecule has 0 unspecified atom stereocenters. The second kappa shape index (κ2) is 5.55. The minimum atomic E-state index is 0.551. The number of benzene rings is 2. The minimum Gasteiger partial charge on any atom is -0.345 e. The standard InChI is InChI=1S/C15H17BrN2/c1-11-3-6-13(7-4-11)18(2)14-8-5-12(10-17)15(16)9-14/h3-9H,10,17H2,1-2H3. The first-order chi connectivity index (χ1) is 8.61. The van der Waals surface area contributed by atoms with Crippen molar-refractivity contribution in [2.24, 2.45) is 5.73 Å². The predicted octanol–water partition coefficient (Wildman–Crippen LogP) is 3.98. The summed E-state index contributed by atoms with van der Waals surface area (Å²) in [6.45, 7) is 2.64. The zero-order valence-electron chi connectivity index (χ0n) is 10.7. The molecular weight excluding hydrogens is 288 g/mol. The SMILES string of the molecule is Cc1ccc(N(C)c2ccc(CN)c(Br)c2)cc1. The van der Waals surface area contributed by atoms with Gasteiger partial charge in [0.25, 0.3) is 0 Å². The Kier molecular flexibility index (Phi) is 4.04. The Labute approximate surface area is 117 Å². The summed E-state index contributed by atoms with van der Waals surface area (Å²) in [4.78, 5) is 2.16. The summed E-state index contributed by atoms with van der Waals surface area (Å²) in [5, 5.41) is 0. The van der Waals surface area contributed by atoms with E-state index in [1.807, 2.05) is 0 Å². The summed E-state index contributed by atoms with van der Waals surface area (Å²) >= 11 is 3.55. The normalized spacial score (nSPS) is 10.4. The number of nitrogens with two attached hydrogens (primary N) is 1. The highest BCUT2D eigenvalue weighted by molar-refractivity contribution is 9.10. The maximum atomic E-state index is 5.66. The molecule has 0 saturated heterocycles. The molecule has 0 heterocycles. The molecule has 2 nitrogen and oxygen atoms in total. The van der Waals surface area contributed by atoms with Crippen molar-refractivity contribution in [2.75, 3.05) is 11.9 Å². The van der Waals surface area contributed by atoms with Crippen LogP contribution >= 0.6 is 15.9 Å². The van der Waals surface area contributed by atoms with Gasteiger partial charge < -0.3 is 10.6 Å². The van der Waals surface area contributed by atoms with Gasteiger partial charge in [-0.15, -0.1) is 0 Å². The van der Waals surface area contributed by atoms with E-state index in [0.717, 1.165) is 15.7 Å². The lowest BCUT2D eigenvalue weighted by Crippen LogP contribution is -2.09. The lowest BCUT2D eigenvalue weighted by molar-refractivity contribution is 1.06. The molecule has 0 aliphatic heterocycles. The van der Waals surface area contributed by atoms with E-state index in [2.05, 4.69) is 77.3 Å². The first kappa shape index (κ1) is 13.1. The summed E-state index contributed by atoms with van der Waals surface area (Å²) in [5.41, 5.74) is 10.4. The molecule has 2 rings (SSSR count). The van der Waals surface area contributed by atoms with Gasteiger partial charge in [-0.2, -0.15) is 0 Å². The van der Waals surface area contributed by atoms with E-state index >= 15 is 0 Å². The number of halogens is 1. The van der Waals surface area contributed by atoms with Gasteiger partial charge >= 0.3 is 0 Å². The van der Waals surface area contributed by atoms with Gasteiger partial charge in [0.1, 0.15) is 0 Å². The Balaban J connectivity index is 2.31. The monoisotopic (exact) mass is 304 g/mol. The summed E-state index contributed by atoms with van der Waals surface area (Å²) in [5.74, 6) is 0. The number of hydrogen-bond donors (Lipinski definition) is 1. The van der Waals surface area contributed by atoms with Gasteiger partial charge in [-0.05, 0) is 36.8 Å². The van der Waals surface area contributed by atoms with Crippen molar-refractivity contribution in [3.8, 4) is 0 Å². The van der Waals surface area contributed by atoms with E-state index in [0.29, 0.717) is 6.54 Å². The third kappa shape index (κ3) is 2.74. The maximum Gasteiger partial charge on any atom is 0.0419 e. The second-order valence-corrected chi connectivity index (χ2v) is 5.23. The van der Waals surface area contributed by atoms with E-state index in [4.69, 9.17) is 5.73 Å². The van der Waals surface area contributed by atoms with Crippen molar-refractivity contribution in [1.29, 1.82) is 0 Å². The van der Waals surface area contributed by atoms with Crippen LogP contribution in [0.2, 0.25) is 0 Å². The third-order valence-corrected chi connectivity index (χ3v) is 3.80. The van der Waals surface area contributed by atoms with Gasteiger partial charge in [0.2, 0.25) is 0 Å². The number of nitrogens with zero attached hydrogens (tertiary/aromatic N) is 1. The molecule has 2 aromatic rings. The Morgan fingerprint density at radius 1 is 1.06 bits per heavy atom. The molecule has 94 valence electrons. The zero-order chi connectivity index (χ0) is 13.1. The van der Waals surface area contributed by atoms with Crippen LogP contribution in [0, 0.1) is 6.92 Å². The first-order valence-corrected chi connectivity index (χ1v) is 6.70. The number of aryl methyl sites for hydroxylation is 1. The maximum absolute atomic E-state index is 5.66. The molecule has 0 bridgehead atoms. The Hall–Kier alpha value is -1.32. The van der Waals surface area contributed by atoms with Crippen molar-refractivity contribution in [3.63, 3.8) is 0 Å². The molecule has 0 fully saturated rings. The van der Waals surface area contributed by atoms with Crippen molar-refractivity contribution in [2.45, 2.75) is 13.5 Å². The molecule has 0 radical (unpaired) electrons. The van der Waals surface area contributed by atoms with E-state index < -0.39 is 0 Å². The average Bonchev–Trinajstić information content (AvgIpc) is 2.38. The van der Waals surface area contributed by atoms with Crippen LogP contribution in [-0.4, -0.2) is 7.05 Å². The molecule has 0 aliphatic carbocycles. The highest BCUT2D eigenvalue weighted by atomic mass is 79.9. The molecule has 2 aromatic carbocycles. The molecule has 0 atom stereocenters. The minimum absolute atomic E-state index is 0.551. The fraction of sp³-hybridized carbons (Fsp3) is 0.200. The first-order valence-electron chi connectivity index (χ1n) is 5.90. The molecule has 0 aliphatic rings. The predicted molar refractivity (Wildman–Crippen MR) is 81.3 cm³/mol. The van der Waals surface area contributed by atoms with Crippen molar-refractivity contribution < 1.29 is 0 Å². The second-order valence-electron chi connectivity index (χ2n) is 4.37. The highest BCUT2D eigenvalue weighted by Crippen LogP contribution is 2.28. The third-order valence-electron chi connectivity index (χ3n) is 3.07. The van der Waals surface area contributed by atoms with Crippen molar-refractivity contribution >= 4 is 27.3 Å². The van der Waals surface area contributed by atoms with Crippen LogP contribution < -0.4 is 10.6 Å². The van der Waals surface area contributed by atoms with Crippen LogP contribution in [-0.2, 0) is 6.54 Å². The Morgan fingerprint density at radius 2 is 1.67 bits per heavy atom. The summed E-state index contributed by atoms with van der Waals surface area (Å²) in [6, 6.07) is 14.7. The summed E-state index contributed by atoms with van der Waals surface area (Å²) in [7, 11) is 2.06. The number of hydrogen-bond acceptors (Lipinski definition) is 2. The average molecular weight is 305 g/mol. The van der Waals surface area contributed by atoms with Crippen LogP contribution in [0.15, 0.2) is 46.9 Å². The lowest BCUT2D eigenvalue weighted by Gasteiger charge is -2.20. The van der Waals surface area contributed by atoms with E-state index in [-0.39, 0.29) is 0 Å². The quantitative estimate of drug-likeness (QED) is 0.929. The largest absolute Gasteiger partial charge is 0.345 e. The Morgan fingerprint density at radius 3 is 2.22 bits per heavy atom. The van der Waals surface area contributed by atoms with Gasteiger partial charge in [-0.3, -0.25) is 0 Å². The van der Waals surface area contributed by atoms with Crippen molar-refractivity contribution in [1.82, 2.24) is 0 Å². The van der Waals surface area contributed by atoms with E-state index in [9.17, 15) is 0 Å². The van der Waals surface area contributed by atoms with Crippen LogP contribution in [0.1, 0.15) is 11.1 Å². The van der Waals surface area contributed by atoms with Crippen LogP contribution in [0.3, 0.4) is 0 Å². The lowest BCUT2D eigenvalue weighted by atomic mass is 10.1. The smallest absolute Gasteiger partial charge is 0.0419 e. The summed E-state index contributed by atoms with van der Waals surface area (Å²) < 4.78 is 1.06. The molecule has 0 amide bonds. The number of rotatable bonds is 3. The molecule has 0 aromatic heterocycles. The number of anilines is 2. The molecular formula is C15H17BrN2. The summed E-state index contributed by atoms with van der Waals surface area (Å²) in [6.07, 6.45) is 0. The molecule has 3 heteroatoms. The molecule has 0 spiro atoms. The fourth-order valence-electron chi connectivity index (χ4n) is 1.83. The van der Waals surface area contributed by atoms with Crippen LogP contribution in [0.5, 0.6) is 0 Å². The topological polar surface area (TPSA) is 29.3 Å². The van der Waals surface area contributed by atoms with Gasteiger partial charge in [0.15, 0.2) is 0 Å². The zero-order valence-corrected chi connectivity index (χ0v) is 12.2. The van der Waals surface area contributed by atoms with E-state index in [1.165, 1.54) is 11.3 Å². The van der Waals surface area contributed by atoms with Gasteiger partial charge in [-0.1, -0.05) is 39.7 Å². The molecule has 0 saturated carbocycles. The van der Waals surface area contributed by atoms with Crippen molar-refractivity contribution in [3.05, 3.63) is 58.1 Å². The van der Waals surface area contributed by atoms with Crippen LogP contribution in [0.4, 0.5) is 11.4 Å². The van der Waals surface area contributed by atoms with Crippen LogP contribution in [0.25, 0.3) is 0 Å². The fourth-order valence-corrected chi connectivity index (χ4v) is 2.36. The molecule has 2 N–H and O–H groups in total. The van der Waals surface area contributed by atoms with Gasteiger partial charge in [0, 0.05) is 29.4 Å². The molecule has 18 heavy (non-hydrogen) atoms. The van der Waals surface area contributed by atoms with Gasteiger partial charge in [0.05, 0.1) is 0 Å². The van der Waals surface area contributed by atoms with Gasteiger partial charge in [-0.25, -0.2) is 0 Å². The Bertz CT molecular complexity index is 535. The highest BCUT2D eigenvalue weighted by Gasteiger charge is 2.06.